The number of hydrogen-bond acceptors (Lipinski definition) is 5. The Kier molecular flexibility index (Phi) is 5.36. The van der Waals surface area contributed by atoms with Crippen molar-refractivity contribution in [2.75, 3.05) is 18.9 Å². The lowest BCUT2D eigenvalue weighted by atomic mass is 9.87. The molecule has 1 aromatic carbocycles. The van der Waals surface area contributed by atoms with Crippen LogP contribution in [0.25, 0.3) is 0 Å². The maximum Gasteiger partial charge on any atom is 0.416 e. The minimum Gasteiger partial charge on any atom is -0.378 e. The molecule has 2 aromatic rings. The van der Waals surface area contributed by atoms with Gasteiger partial charge in [0, 0.05) is 18.7 Å². The van der Waals surface area contributed by atoms with Crippen LogP contribution < -0.4 is 5.32 Å². The van der Waals surface area contributed by atoms with Crippen molar-refractivity contribution < 1.29 is 23.1 Å². The van der Waals surface area contributed by atoms with Gasteiger partial charge < -0.3 is 10.4 Å². The molecule has 3 atom stereocenters. The van der Waals surface area contributed by atoms with Crippen LogP contribution in [0, 0.1) is 17.2 Å². The summed E-state index contributed by atoms with van der Waals surface area (Å²) < 4.78 is 38.4. The van der Waals surface area contributed by atoms with Gasteiger partial charge in [-0.15, -0.1) is 0 Å². The monoisotopic (exact) mass is 390 g/mol. The number of aliphatic hydroxyl groups is 1. The summed E-state index contributed by atoms with van der Waals surface area (Å²) in [6.07, 6.45) is -4.18. The number of alkyl halides is 3. The van der Waals surface area contributed by atoms with E-state index < -0.39 is 35.7 Å². The Morgan fingerprint density at radius 3 is 2.61 bits per heavy atom. The van der Waals surface area contributed by atoms with Crippen LogP contribution in [0.2, 0.25) is 0 Å². The van der Waals surface area contributed by atoms with E-state index in [1.165, 1.54) is 30.5 Å². The third-order valence-electron chi connectivity index (χ3n) is 4.80. The first kappa shape index (κ1) is 19.8. The van der Waals surface area contributed by atoms with Crippen LogP contribution in [0.4, 0.5) is 19.0 Å². The number of halogens is 3. The summed E-state index contributed by atoms with van der Waals surface area (Å²) in [5.74, 6) is -1.77. The van der Waals surface area contributed by atoms with E-state index in [2.05, 4.69) is 10.3 Å². The van der Waals surface area contributed by atoms with Crippen molar-refractivity contribution in [3.05, 3.63) is 59.3 Å². The maximum absolute atomic E-state index is 12.8. The zero-order valence-electron chi connectivity index (χ0n) is 14.8. The van der Waals surface area contributed by atoms with Crippen molar-refractivity contribution in [3.8, 4) is 6.07 Å². The zero-order chi connectivity index (χ0) is 20.5. The van der Waals surface area contributed by atoms with Gasteiger partial charge in [-0.1, -0.05) is 12.1 Å². The molecule has 28 heavy (non-hydrogen) atoms. The molecular weight excluding hydrogens is 373 g/mol. The van der Waals surface area contributed by atoms with Crippen molar-refractivity contribution in [3.63, 3.8) is 0 Å². The van der Waals surface area contributed by atoms with Crippen molar-refractivity contribution in [1.29, 1.82) is 5.26 Å². The number of benzene rings is 1. The number of aromatic nitrogens is 1. The summed E-state index contributed by atoms with van der Waals surface area (Å²) in [5, 5.41) is 21.9. The van der Waals surface area contributed by atoms with Crippen LogP contribution in [0.5, 0.6) is 0 Å². The van der Waals surface area contributed by atoms with Crippen LogP contribution >= 0.6 is 0 Å². The summed E-state index contributed by atoms with van der Waals surface area (Å²) in [6.45, 7) is 0.302. The number of rotatable bonds is 3. The quantitative estimate of drug-likeness (QED) is 0.841. The Labute approximate surface area is 159 Å². The number of carbonyl (C=O) groups excluding carboxylic acids is 1. The molecule has 1 saturated heterocycles. The smallest absolute Gasteiger partial charge is 0.378 e. The lowest BCUT2D eigenvalue weighted by Gasteiger charge is -2.21. The van der Waals surface area contributed by atoms with Crippen LogP contribution in [-0.4, -0.2) is 40.7 Å². The van der Waals surface area contributed by atoms with Crippen molar-refractivity contribution in [1.82, 2.24) is 9.88 Å². The maximum atomic E-state index is 12.8. The third kappa shape index (κ3) is 3.98. The second-order valence-corrected chi connectivity index (χ2v) is 6.64. The number of likely N-dealkylation sites (N-methyl/N-ethyl adjacent to an activating group) is 1. The number of carbonyl (C=O) groups is 1. The van der Waals surface area contributed by atoms with Gasteiger partial charge in [-0.2, -0.15) is 18.4 Å². The SMILES string of the molecule is CN1C[C@H](c2ccc(C(F)(F)F)cc2)[C@@H](C(=O)Nc2cc(C#N)ccn2)C1O. The molecule has 2 N–H and O–H groups in total. The molecule has 1 aliphatic heterocycles. The molecule has 1 unspecified atom stereocenters. The van der Waals surface area contributed by atoms with Gasteiger partial charge in [0.25, 0.3) is 0 Å². The highest BCUT2D eigenvalue weighted by atomic mass is 19.4. The van der Waals surface area contributed by atoms with Gasteiger partial charge in [0.05, 0.1) is 23.1 Å². The largest absolute Gasteiger partial charge is 0.416 e. The average molecular weight is 390 g/mol. The van der Waals surface area contributed by atoms with Crippen LogP contribution in [0.3, 0.4) is 0 Å². The Bertz CT molecular complexity index is 909. The van der Waals surface area contributed by atoms with Crippen LogP contribution in [0.1, 0.15) is 22.6 Å². The summed E-state index contributed by atoms with van der Waals surface area (Å²) in [7, 11) is 1.63. The normalized spacial score (nSPS) is 22.6. The number of likely N-dealkylation sites (tertiary alicyclic amines) is 1. The second kappa shape index (κ2) is 7.58. The predicted molar refractivity (Wildman–Crippen MR) is 93.9 cm³/mol. The fourth-order valence-corrected chi connectivity index (χ4v) is 3.34. The minimum atomic E-state index is -4.45. The molecule has 1 aliphatic rings. The Balaban J connectivity index is 1.85. The number of pyridine rings is 1. The van der Waals surface area contributed by atoms with E-state index in [1.54, 1.807) is 11.9 Å². The molecular formula is C19H17F3N4O2. The molecule has 0 radical (unpaired) electrons. The highest BCUT2D eigenvalue weighted by molar-refractivity contribution is 5.93. The van der Waals surface area contributed by atoms with E-state index in [0.717, 1.165) is 12.1 Å². The number of hydrogen-bond donors (Lipinski definition) is 2. The number of nitrogens with zero attached hydrogens (tertiary/aromatic N) is 3. The van der Waals surface area contributed by atoms with Crippen molar-refractivity contribution in [2.24, 2.45) is 5.92 Å². The van der Waals surface area contributed by atoms with E-state index in [1.807, 2.05) is 6.07 Å². The van der Waals surface area contributed by atoms with E-state index in [-0.39, 0.29) is 5.82 Å². The van der Waals surface area contributed by atoms with Crippen LogP contribution in [0.15, 0.2) is 42.6 Å². The van der Waals surface area contributed by atoms with Crippen molar-refractivity contribution in [2.45, 2.75) is 18.3 Å². The molecule has 3 rings (SSSR count). The van der Waals surface area contributed by atoms with Gasteiger partial charge in [0.2, 0.25) is 5.91 Å². The van der Waals surface area contributed by atoms with E-state index >= 15 is 0 Å². The molecule has 146 valence electrons. The topological polar surface area (TPSA) is 89.3 Å². The zero-order valence-corrected chi connectivity index (χ0v) is 14.8. The summed E-state index contributed by atoms with van der Waals surface area (Å²) in [5.41, 5.74) is 0.0608. The highest BCUT2D eigenvalue weighted by Crippen LogP contribution is 2.37. The van der Waals surface area contributed by atoms with Gasteiger partial charge in [-0.05, 0) is 36.9 Å². The Hall–Kier alpha value is -2.96. The second-order valence-electron chi connectivity index (χ2n) is 6.64. The molecule has 1 aromatic heterocycles. The first-order valence-corrected chi connectivity index (χ1v) is 8.43. The summed E-state index contributed by atoms with van der Waals surface area (Å²) in [4.78, 5) is 18.3. The lowest BCUT2D eigenvalue weighted by Crippen LogP contribution is -2.36. The highest BCUT2D eigenvalue weighted by Gasteiger charge is 2.44. The fourth-order valence-electron chi connectivity index (χ4n) is 3.34. The van der Waals surface area contributed by atoms with E-state index in [4.69, 9.17) is 5.26 Å². The molecule has 2 heterocycles. The Morgan fingerprint density at radius 2 is 2.00 bits per heavy atom. The number of anilines is 1. The van der Waals surface area contributed by atoms with Gasteiger partial charge in [-0.25, -0.2) is 4.98 Å². The third-order valence-corrected chi connectivity index (χ3v) is 4.80. The molecule has 0 bridgehead atoms. The Morgan fingerprint density at radius 1 is 1.32 bits per heavy atom. The van der Waals surface area contributed by atoms with Gasteiger partial charge in [0.1, 0.15) is 12.0 Å². The van der Waals surface area contributed by atoms with E-state index in [9.17, 15) is 23.1 Å². The first-order valence-electron chi connectivity index (χ1n) is 8.43. The van der Waals surface area contributed by atoms with Gasteiger partial charge in [-0.3, -0.25) is 9.69 Å². The molecule has 0 aliphatic carbocycles. The number of nitrogens with one attached hydrogen (secondary N) is 1. The number of nitriles is 1. The minimum absolute atomic E-state index is 0.164. The number of amides is 1. The lowest BCUT2D eigenvalue weighted by molar-refractivity contribution is -0.137. The van der Waals surface area contributed by atoms with Gasteiger partial charge >= 0.3 is 6.18 Å². The molecule has 6 nitrogen and oxygen atoms in total. The van der Waals surface area contributed by atoms with E-state index in [0.29, 0.717) is 17.7 Å². The predicted octanol–water partition coefficient (Wildman–Crippen LogP) is 2.57. The van der Waals surface area contributed by atoms with Gasteiger partial charge in [0.15, 0.2) is 0 Å². The number of aliphatic hydroxyl groups excluding tert-OH is 1. The summed E-state index contributed by atoms with van der Waals surface area (Å²) in [6, 6.07) is 9.41. The molecule has 1 fully saturated rings. The molecule has 9 heteroatoms. The molecule has 1 amide bonds. The molecule has 0 spiro atoms. The standard InChI is InChI=1S/C19H17F3N4O2/c1-26-10-14(12-2-4-13(5-3-12)19(20,21)22)16(18(26)28)17(27)25-15-8-11(9-23)6-7-24-15/h2-8,14,16,18,28H,10H2,1H3,(H,24,25,27)/t14-,16+,18?/m1/s1. The summed E-state index contributed by atoms with van der Waals surface area (Å²) >= 11 is 0. The van der Waals surface area contributed by atoms with Crippen LogP contribution in [-0.2, 0) is 11.0 Å². The van der Waals surface area contributed by atoms with Crippen molar-refractivity contribution >= 4 is 11.7 Å². The fraction of sp³-hybridized carbons (Fsp3) is 0.316. The first-order chi connectivity index (χ1) is 13.2. The average Bonchev–Trinajstić information content (AvgIpc) is 2.96. The molecule has 0 saturated carbocycles.